The summed E-state index contributed by atoms with van der Waals surface area (Å²) in [5.41, 5.74) is -0.630. The number of rotatable bonds is 12. The number of phenols is 1. The Labute approximate surface area is 261 Å². The van der Waals surface area contributed by atoms with Gasteiger partial charge < -0.3 is 30.1 Å². The van der Waals surface area contributed by atoms with Gasteiger partial charge in [0.2, 0.25) is 11.8 Å². The van der Waals surface area contributed by atoms with Gasteiger partial charge in [-0.2, -0.15) is 0 Å². The monoisotopic (exact) mass is 611 g/mol. The molecule has 4 atom stereocenters. The summed E-state index contributed by atoms with van der Waals surface area (Å²) in [6.45, 7) is 15.9. The van der Waals surface area contributed by atoms with Crippen molar-refractivity contribution in [1.82, 2.24) is 15.5 Å². The molecular formula is C34H49N3O7. The SMILES string of the molecule is CCC(C)C(NC(=O)OC(C)(C)C)C(=O)N(CC)C(C(=O)NC(Cc1ccccc1)C(=O)OC(C)(C)C)c1ccccc1O. The van der Waals surface area contributed by atoms with Crippen LogP contribution in [0.25, 0.3) is 0 Å². The summed E-state index contributed by atoms with van der Waals surface area (Å²) in [4.78, 5) is 55.8. The number of amides is 3. The molecule has 0 aliphatic rings. The molecule has 0 aromatic heterocycles. The van der Waals surface area contributed by atoms with Gasteiger partial charge in [0.25, 0.3) is 0 Å². The molecule has 242 valence electrons. The fraction of sp³-hybridized carbons (Fsp3) is 0.529. The number of phenolic OH excluding ortho intramolecular Hbond substituents is 1. The molecule has 0 saturated heterocycles. The predicted molar refractivity (Wildman–Crippen MR) is 169 cm³/mol. The highest BCUT2D eigenvalue weighted by molar-refractivity contribution is 5.94. The summed E-state index contributed by atoms with van der Waals surface area (Å²) < 4.78 is 11.1. The van der Waals surface area contributed by atoms with E-state index in [1.807, 2.05) is 44.2 Å². The van der Waals surface area contributed by atoms with Gasteiger partial charge >= 0.3 is 12.1 Å². The lowest BCUT2D eigenvalue weighted by atomic mass is 9.95. The van der Waals surface area contributed by atoms with E-state index >= 15 is 0 Å². The summed E-state index contributed by atoms with van der Waals surface area (Å²) in [5, 5.41) is 16.4. The first-order valence-electron chi connectivity index (χ1n) is 15.1. The fourth-order valence-corrected chi connectivity index (χ4v) is 4.60. The Balaban J connectivity index is 2.55. The molecule has 2 aromatic rings. The van der Waals surface area contributed by atoms with Crippen LogP contribution in [-0.4, -0.2) is 63.7 Å². The van der Waals surface area contributed by atoms with Crippen molar-refractivity contribution in [2.45, 2.75) is 104 Å². The zero-order valence-electron chi connectivity index (χ0n) is 27.5. The van der Waals surface area contributed by atoms with Gasteiger partial charge in [-0.15, -0.1) is 0 Å². The van der Waals surface area contributed by atoms with Crippen LogP contribution in [0.3, 0.4) is 0 Å². The molecule has 3 N–H and O–H groups in total. The van der Waals surface area contributed by atoms with Crippen LogP contribution < -0.4 is 10.6 Å². The van der Waals surface area contributed by atoms with Gasteiger partial charge in [0, 0.05) is 18.5 Å². The first kappa shape index (κ1) is 36.1. The van der Waals surface area contributed by atoms with Crippen LogP contribution in [0.2, 0.25) is 0 Å². The molecule has 10 nitrogen and oxygen atoms in total. The van der Waals surface area contributed by atoms with Gasteiger partial charge in [-0.25, -0.2) is 9.59 Å². The largest absolute Gasteiger partial charge is 0.508 e. The van der Waals surface area contributed by atoms with Crippen molar-refractivity contribution in [2.24, 2.45) is 5.92 Å². The maximum Gasteiger partial charge on any atom is 0.408 e. The molecule has 10 heteroatoms. The maximum absolute atomic E-state index is 14.2. The zero-order valence-corrected chi connectivity index (χ0v) is 27.5. The number of benzene rings is 2. The van der Waals surface area contributed by atoms with Crippen LogP contribution in [0.5, 0.6) is 5.75 Å². The fourth-order valence-electron chi connectivity index (χ4n) is 4.60. The molecule has 3 amide bonds. The molecule has 2 aromatic carbocycles. The number of likely N-dealkylation sites (N-methyl/N-ethyl adjacent to an activating group) is 1. The second kappa shape index (κ2) is 15.6. The van der Waals surface area contributed by atoms with Crippen molar-refractivity contribution >= 4 is 23.9 Å². The highest BCUT2D eigenvalue weighted by Crippen LogP contribution is 2.31. The van der Waals surface area contributed by atoms with E-state index < -0.39 is 53.2 Å². The van der Waals surface area contributed by atoms with Crippen LogP contribution >= 0.6 is 0 Å². The van der Waals surface area contributed by atoms with E-state index in [1.54, 1.807) is 66.7 Å². The lowest BCUT2D eigenvalue weighted by Crippen LogP contribution is -2.56. The Hall–Kier alpha value is -4.08. The summed E-state index contributed by atoms with van der Waals surface area (Å²) >= 11 is 0. The zero-order chi connectivity index (χ0) is 33.2. The molecule has 0 fully saturated rings. The van der Waals surface area contributed by atoms with Crippen molar-refractivity contribution < 1.29 is 33.8 Å². The summed E-state index contributed by atoms with van der Waals surface area (Å²) in [5.74, 6) is -2.37. The normalized spacial score (nSPS) is 14.4. The number of esters is 1. The van der Waals surface area contributed by atoms with Crippen LogP contribution in [0.15, 0.2) is 54.6 Å². The van der Waals surface area contributed by atoms with Gasteiger partial charge in [0.05, 0.1) is 0 Å². The van der Waals surface area contributed by atoms with Crippen molar-refractivity contribution in [3.8, 4) is 5.75 Å². The Bertz CT molecular complexity index is 1270. The highest BCUT2D eigenvalue weighted by Gasteiger charge is 2.40. The van der Waals surface area contributed by atoms with E-state index in [1.165, 1.54) is 11.0 Å². The minimum absolute atomic E-state index is 0.0595. The minimum atomic E-state index is -1.33. The van der Waals surface area contributed by atoms with Crippen LogP contribution in [-0.2, 0) is 30.3 Å². The lowest BCUT2D eigenvalue weighted by Gasteiger charge is -2.36. The van der Waals surface area contributed by atoms with Crippen LogP contribution in [0, 0.1) is 5.92 Å². The number of ether oxygens (including phenoxy) is 2. The third kappa shape index (κ3) is 10.9. The number of hydrogen-bond donors (Lipinski definition) is 3. The van der Waals surface area contributed by atoms with Crippen LogP contribution in [0.4, 0.5) is 4.79 Å². The molecule has 0 bridgehead atoms. The molecule has 0 heterocycles. The molecule has 0 saturated carbocycles. The summed E-state index contributed by atoms with van der Waals surface area (Å²) in [7, 11) is 0. The van der Waals surface area contributed by atoms with Crippen molar-refractivity contribution in [3.63, 3.8) is 0 Å². The molecule has 0 aliphatic heterocycles. The van der Waals surface area contributed by atoms with Crippen molar-refractivity contribution in [1.29, 1.82) is 0 Å². The molecule has 44 heavy (non-hydrogen) atoms. The Morgan fingerprint density at radius 1 is 0.841 bits per heavy atom. The topological polar surface area (TPSA) is 134 Å². The van der Waals surface area contributed by atoms with Crippen LogP contribution in [0.1, 0.15) is 85.9 Å². The van der Waals surface area contributed by atoms with E-state index in [2.05, 4.69) is 10.6 Å². The Kier molecular flexibility index (Phi) is 12.8. The third-order valence-corrected chi connectivity index (χ3v) is 6.86. The molecule has 0 radical (unpaired) electrons. The van der Waals surface area contributed by atoms with E-state index in [0.29, 0.717) is 6.42 Å². The van der Waals surface area contributed by atoms with Crippen molar-refractivity contribution in [2.75, 3.05) is 6.54 Å². The highest BCUT2D eigenvalue weighted by atomic mass is 16.6. The van der Waals surface area contributed by atoms with Gasteiger partial charge in [-0.05, 0) is 66.0 Å². The number of carbonyl (C=O) groups is 4. The smallest absolute Gasteiger partial charge is 0.408 e. The second-order valence-corrected chi connectivity index (χ2v) is 12.9. The Morgan fingerprint density at radius 2 is 1.41 bits per heavy atom. The number of aromatic hydroxyl groups is 1. The number of carbonyl (C=O) groups excluding carboxylic acids is 4. The number of alkyl carbamates (subject to hydrolysis) is 1. The lowest BCUT2D eigenvalue weighted by molar-refractivity contribution is -0.159. The predicted octanol–water partition coefficient (Wildman–Crippen LogP) is 5.29. The van der Waals surface area contributed by atoms with Gasteiger partial charge in [0.1, 0.15) is 35.1 Å². The quantitative estimate of drug-likeness (QED) is 0.278. The van der Waals surface area contributed by atoms with E-state index in [-0.39, 0.29) is 30.2 Å². The average molecular weight is 612 g/mol. The molecule has 2 rings (SSSR count). The van der Waals surface area contributed by atoms with E-state index in [0.717, 1.165) is 5.56 Å². The Morgan fingerprint density at radius 3 is 1.93 bits per heavy atom. The second-order valence-electron chi connectivity index (χ2n) is 12.9. The van der Waals surface area contributed by atoms with Gasteiger partial charge in [-0.1, -0.05) is 68.8 Å². The van der Waals surface area contributed by atoms with Gasteiger partial charge in [-0.3, -0.25) is 9.59 Å². The standard InChI is InChI=1S/C34H49N3O7/c1-10-22(3)27(36-32(42)44-34(7,8)9)30(40)37(11-2)28(24-19-15-16-20-26(24)38)29(39)35-25(31(41)43-33(4,5)6)21-23-17-13-12-14-18-23/h12-20,22,25,27-28,38H,10-11,21H2,1-9H3,(H,35,39)(H,36,42). The third-order valence-electron chi connectivity index (χ3n) is 6.86. The summed E-state index contributed by atoms with van der Waals surface area (Å²) in [6, 6.07) is 12.0. The van der Waals surface area contributed by atoms with E-state index in [4.69, 9.17) is 9.47 Å². The van der Waals surface area contributed by atoms with E-state index in [9.17, 15) is 24.3 Å². The first-order valence-corrected chi connectivity index (χ1v) is 15.1. The maximum atomic E-state index is 14.2. The van der Waals surface area contributed by atoms with Gasteiger partial charge in [0.15, 0.2) is 0 Å². The number of nitrogens with one attached hydrogen (secondary N) is 2. The number of hydrogen-bond acceptors (Lipinski definition) is 7. The molecule has 0 aliphatic carbocycles. The number of para-hydroxylation sites is 1. The average Bonchev–Trinajstić information content (AvgIpc) is 2.92. The molecule has 0 spiro atoms. The van der Waals surface area contributed by atoms with Crippen molar-refractivity contribution in [3.05, 3.63) is 65.7 Å². The molecular weight excluding hydrogens is 562 g/mol. The summed E-state index contributed by atoms with van der Waals surface area (Å²) in [6.07, 6.45) is -0.0663. The molecule has 4 unspecified atom stereocenters. The number of nitrogens with zero attached hydrogens (tertiary/aromatic N) is 1. The minimum Gasteiger partial charge on any atom is -0.508 e. The first-order chi connectivity index (χ1) is 20.5.